The summed E-state index contributed by atoms with van der Waals surface area (Å²) in [6.45, 7) is 0.439. The van der Waals surface area contributed by atoms with Crippen molar-refractivity contribution < 1.29 is 12.8 Å². The monoisotopic (exact) mass is 402 g/mol. The molecule has 0 amide bonds. The smallest absolute Gasteiger partial charge is 0.215 e. The topological polar surface area (TPSA) is 109 Å². The maximum Gasteiger partial charge on any atom is 0.215 e. The lowest BCUT2D eigenvalue weighted by Crippen LogP contribution is -2.30. The summed E-state index contributed by atoms with van der Waals surface area (Å²) in [7, 11) is -3.63. The van der Waals surface area contributed by atoms with Gasteiger partial charge in [0.2, 0.25) is 10.0 Å². The van der Waals surface area contributed by atoms with Crippen molar-refractivity contribution in [1.82, 2.24) is 19.9 Å². The lowest BCUT2D eigenvalue weighted by molar-refractivity contribution is 0.575. The summed E-state index contributed by atoms with van der Waals surface area (Å²) in [5, 5.41) is 14.1. The number of aromatic nitrogens is 3. The third-order valence-electron chi connectivity index (χ3n) is 3.65. The summed E-state index contributed by atoms with van der Waals surface area (Å²) in [5.41, 5.74) is 0.923. The Morgan fingerprint density at radius 3 is 2.43 bits per heavy atom. The second-order valence-corrected chi connectivity index (χ2v) is 7.65. The largest absolute Gasteiger partial charge is 0.367 e. The van der Waals surface area contributed by atoms with Crippen molar-refractivity contribution in [3.05, 3.63) is 72.3 Å². The molecular weight excluding hydrogens is 383 g/mol. The summed E-state index contributed by atoms with van der Waals surface area (Å²) in [4.78, 5) is 4.00. The number of nitrogens with one attached hydrogen (secondary N) is 3. The van der Waals surface area contributed by atoms with Gasteiger partial charge in [0.25, 0.3) is 0 Å². The van der Waals surface area contributed by atoms with Gasteiger partial charge >= 0.3 is 0 Å². The van der Waals surface area contributed by atoms with E-state index in [2.05, 4.69) is 30.5 Å². The Morgan fingerprint density at radius 1 is 0.929 bits per heavy atom. The van der Waals surface area contributed by atoms with Crippen LogP contribution in [-0.2, 0) is 15.8 Å². The van der Waals surface area contributed by atoms with Crippen LogP contribution in [0.15, 0.2) is 60.9 Å². The molecular formula is C18H19FN6O2S. The van der Waals surface area contributed by atoms with Gasteiger partial charge in [-0.15, -0.1) is 10.2 Å². The molecule has 0 saturated heterocycles. The lowest BCUT2D eigenvalue weighted by Gasteiger charge is -2.09. The molecule has 3 rings (SSSR count). The molecule has 8 nitrogen and oxygen atoms in total. The van der Waals surface area contributed by atoms with Crippen LogP contribution in [-0.4, -0.2) is 36.7 Å². The third kappa shape index (κ3) is 5.96. The molecule has 0 atom stereocenters. The number of pyridine rings is 1. The lowest BCUT2D eigenvalue weighted by atomic mass is 10.2. The predicted molar refractivity (Wildman–Crippen MR) is 105 cm³/mol. The summed E-state index contributed by atoms with van der Waals surface area (Å²) < 4.78 is 40.1. The van der Waals surface area contributed by atoms with Gasteiger partial charge in [0.05, 0.1) is 17.6 Å². The molecule has 0 unspecified atom stereocenters. The van der Waals surface area contributed by atoms with Crippen molar-refractivity contribution in [1.29, 1.82) is 0 Å². The minimum atomic E-state index is -3.63. The van der Waals surface area contributed by atoms with E-state index in [1.54, 1.807) is 36.7 Å². The predicted octanol–water partition coefficient (Wildman–Crippen LogP) is 2.29. The molecule has 3 aromatic rings. The van der Waals surface area contributed by atoms with Crippen LogP contribution in [0.4, 0.5) is 21.7 Å². The molecule has 0 bridgehead atoms. The Bertz CT molecular complexity index is 1000. The highest BCUT2D eigenvalue weighted by Gasteiger charge is 2.13. The fourth-order valence-electron chi connectivity index (χ4n) is 2.35. The van der Waals surface area contributed by atoms with Crippen molar-refractivity contribution in [2.45, 2.75) is 5.75 Å². The molecule has 0 fully saturated rings. The minimum absolute atomic E-state index is 0.130. The van der Waals surface area contributed by atoms with Crippen LogP contribution in [0.5, 0.6) is 0 Å². The standard InChI is InChI=1S/C18H19FN6O2S/c19-16-6-2-1-4-14(16)13-28(26,27)22-11-10-21-17-7-8-18(25-24-17)23-15-5-3-9-20-12-15/h1-9,12,22H,10-11,13H2,(H,21,24)(H,23,25). The van der Waals surface area contributed by atoms with Gasteiger partial charge in [0, 0.05) is 24.8 Å². The summed E-state index contributed by atoms with van der Waals surface area (Å²) >= 11 is 0. The van der Waals surface area contributed by atoms with Crippen molar-refractivity contribution in [2.24, 2.45) is 0 Å². The Kier molecular flexibility index (Phi) is 6.45. The Labute approximate surface area is 162 Å². The van der Waals surface area contributed by atoms with Gasteiger partial charge in [-0.1, -0.05) is 18.2 Å². The zero-order chi connectivity index (χ0) is 19.8. The Balaban J connectivity index is 1.44. The number of anilines is 3. The molecule has 3 N–H and O–H groups in total. The molecule has 2 aromatic heterocycles. The van der Waals surface area contributed by atoms with Crippen LogP contribution in [0.2, 0.25) is 0 Å². The van der Waals surface area contributed by atoms with E-state index in [-0.39, 0.29) is 12.1 Å². The fourth-order valence-corrected chi connectivity index (χ4v) is 3.50. The maximum absolute atomic E-state index is 13.6. The highest BCUT2D eigenvalue weighted by atomic mass is 32.2. The van der Waals surface area contributed by atoms with Gasteiger partial charge in [0.1, 0.15) is 11.6 Å². The Hall–Kier alpha value is -3.11. The van der Waals surface area contributed by atoms with Crippen LogP contribution >= 0.6 is 0 Å². The molecule has 0 aliphatic rings. The van der Waals surface area contributed by atoms with Gasteiger partial charge in [-0.2, -0.15) is 0 Å². The van der Waals surface area contributed by atoms with Crippen LogP contribution < -0.4 is 15.4 Å². The summed E-state index contributed by atoms with van der Waals surface area (Å²) in [5.74, 6) is 0.115. The van der Waals surface area contributed by atoms with Crippen molar-refractivity contribution in [3.8, 4) is 0 Å². The fraction of sp³-hybridized carbons (Fsp3) is 0.167. The molecule has 10 heteroatoms. The van der Waals surface area contributed by atoms with Gasteiger partial charge in [-0.3, -0.25) is 4.98 Å². The first-order chi connectivity index (χ1) is 13.5. The molecule has 0 aliphatic carbocycles. The van der Waals surface area contributed by atoms with E-state index in [9.17, 15) is 12.8 Å². The van der Waals surface area contributed by atoms with Crippen LogP contribution in [0.1, 0.15) is 5.56 Å². The van der Waals surface area contributed by atoms with Crippen molar-refractivity contribution >= 4 is 27.3 Å². The first-order valence-electron chi connectivity index (χ1n) is 8.47. The van der Waals surface area contributed by atoms with Crippen molar-refractivity contribution in [2.75, 3.05) is 23.7 Å². The highest BCUT2D eigenvalue weighted by molar-refractivity contribution is 7.88. The highest BCUT2D eigenvalue weighted by Crippen LogP contribution is 2.13. The number of benzene rings is 1. The molecule has 0 saturated carbocycles. The molecule has 1 aromatic carbocycles. The van der Waals surface area contributed by atoms with E-state index in [4.69, 9.17) is 0 Å². The number of halogens is 1. The van der Waals surface area contributed by atoms with E-state index in [1.165, 1.54) is 18.2 Å². The summed E-state index contributed by atoms with van der Waals surface area (Å²) in [6.07, 6.45) is 3.34. The van der Waals surface area contributed by atoms with Crippen molar-refractivity contribution in [3.63, 3.8) is 0 Å². The number of sulfonamides is 1. The molecule has 0 radical (unpaired) electrons. The van der Waals surface area contributed by atoms with E-state index >= 15 is 0 Å². The average molecular weight is 402 g/mol. The molecule has 146 valence electrons. The normalized spacial score (nSPS) is 11.2. The van der Waals surface area contributed by atoms with Gasteiger partial charge in [-0.25, -0.2) is 17.5 Å². The van der Waals surface area contributed by atoms with Gasteiger partial charge < -0.3 is 10.6 Å². The molecule has 0 aliphatic heterocycles. The molecule has 28 heavy (non-hydrogen) atoms. The first-order valence-corrected chi connectivity index (χ1v) is 10.1. The number of rotatable bonds is 9. The van der Waals surface area contributed by atoms with Gasteiger partial charge in [0.15, 0.2) is 5.82 Å². The average Bonchev–Trinajstić information content (AvgIpc) is 2.69. The quantitative estimate of drug-likeness (QED) is 0.471. The maximum atomic E-state index is 13.6. The second-order valence-electron chi connectivity index (χ2n) is 5.84. The van der Waals surface area contributed by atoms with Gasteiger partial charge in [-0.05, 0) is 30.3 Å². The first kappa shape index (κ1) is 19.6. The van der Waals surface area contributed by atoms with E-state index in [1.807, 2.05) is 6.07 Å². The SMILES string of the molecule is O=S(=O)(Cc1ccccc1F)NCCNc1ccc(Nc2cccnc2)nn1. The van der Waals surface area contributed by atoms with E-state index < -0.39 is 21.6 Å². The summed E-state index contributed by atoms with van der Waals surface area (Å²) in [6, 6.07) is 12.9. The molecule has 0 spiro atoms. The van der Waals surface area contributed by atoms with E-state index in [0.717, 1.165) is 5.69 Å². The number of hydrogen-bond donors (Lipinski definition) is 3. The molecule has 2 heterocycles. The zero-order valence-electron chi connectivity index (χ0n) is 14.8. The number of hydrogen-bond acceptors (Lipinski definition) is 7. The second kappa shape index (κ2) is 9.20. The van der Waals surface area contributed by atoms with Crippen LogP contribution in [0.3, 0.4) is 0 Å². The minimum Gasteiger partial charge on any atom is -0.367 e. The Morgan fingerprint density at radius 2 is 1.71 bits per heavy atom. The van der Waals surface area contributed by atoms with E-state index in [0.29, 0.717) is 18.2 Å². The number of nitrogens with zero attached hydrogens (tertiary/aromatic N) is 3. The van der Waals surface area contributed by atoms with Crippen LogP contribution in [0.25, 0.3) is 0 Å². The zero-order valence-corrected chi connectivity index (χ0v) is 15.7. The third-order valence-corrected chi connectivity index (χ3v) is 4.99. The van der Waals surface area contributed by atoms with Crippen LogP contribution in [0, 0.1) is 5.82 Å².